The van der Waals surface area contributed by atoms with Gasteiger partial charge in [-0.15, -0.1) is 23.7 Å². The van der Waals surface area contributed by atoms with Crippen molar-refractivity contribution in [1.29, 1.82) is 0 Å². The van der Waals surface area contributed by atoms with Crippen molar-refractivity contribution in [3.05, 3.63) is 17.0 Å². The Bertz CT molecular complexity index is 699. The number of hydrogen-bond donors (Lipinski definition) is 2. The summed E-state index contributed by atoms with van der Waals surface area (Å²) in [7, 11) is -3.59. The predicted molar refractivity (Wildman–Crippen MR) is 102 cm³/mol. The molecule has 1 saturated heterocycles. The number of carbonyl (C=O) groups is 1. The molecule has 0 bridgehead atoms. The Kier molecular flexibility index (Phi) is 6.89. The molecule has 3 N–H and O–H groups in total. The van der Waals surface area contributed by atoms with Crippen LogP contribution in [0.4, 0.5) is 0 Å². The zero-order chi connectivity index (χ0) is 17.3. The first-order chi connectivity index (χ1) is 11.4. The van der Waals surface area contributed by atoms with Gasteiger partial charge in [0.05, 0.1) is 0 Å². The fraction of sp³-hybridized carbons (Fsp3) is 0.688. The molecule has 9 heteroatoms. The molecule has 1 atom stereocenters. The van der Waals surface area contributed by atoms with Crippen molar-refractivity contribution in [3.8, 4) is 0 Å². The van der Waals surface area contributed by atoms with Gasteiger partial charge in [-0.2, -0.15) is 4.31 Å². The second-order valence-electron chi connectivity index (χ2n) is 6.76. The van der Waals surface area contributed by atoms with Crippen LogP contribution in [0.25, 0.3) is 0 Å². The Morgan fingerprint density at radius 1 is 1.24 bits per heavy atom. The van der Waals surface area contributed by atoms with E-state index in [9.17, 15) is 13.2 Å². The molecule has 0 aromatic carbocycles. The van der Waals surface area contributed by atoms with Gasteiger partial charge in [-0.3, -0.25) is 4.79 Å². The fourth-order valence-electron chi connectivity index (χ4n) is 3.52. The second-order valence-corrected chi connectivity index (χ2v) is 10.2. The van der Waals surface area contributed by atoms with Crippen LogP contribution in [0, 0.1) is 6.92 Å². The highest BCUT2D eigenvalue weighted by molar-refractivity contribution is 7.91. The standard InChI is InChI=1S/C16H25N3O3S2.ClH/c1-11-4-9-15(23-11)24(21,22)19-10-2-3-14(19)16(20)18-13-7-5-12(17)6-8-13;/h4,9,12-14H,2-3,5-8,10,17H2,1H3,(H,18,20);1H. The average molecular weight is 408 g/mol. The molecule has 0 spiro atoms. The van der Waals surface area contributed by atoms with Crippen LogP contribution in [0.1, 0.15) is 43.4 Å². The number of rotatable bonds is 4. The van der Waals surface area contributed by atoms with E-state index in [4.69, 9.17) is 5.73 Å². The lowest BCUT2D eigenvalue weighted by molar-refractivity contribution is -0.125. The first-order valence-electron chi connectivity index (χ1n) is 8.52. The Labute approximate surface area is 159 Å². The van der Waals surface area contributed by atoms with Crippen molar-refractivity contribution in [2.24, 2.45) is 5.73 Å². The molecule has 1 amide bonds. The molecule has 2 heterocycles. The van der Waals surface area contributed by atoms with Crippen LogP contribution in [-0.2, 0) is 14.8 Å². The number of halogens is 1. The second kappa shape index (κ2) is 8.35. The van der Waals surface area contributed by atoms with Crippen molar-refractivity contribution in [1.82, 2.24) is 9.62 Å². The Balaban J connectivity index is 0.00000225. The van der Waals surface area contributed by atoms with Crippen molar-refractivity contribution in [2.75, 3.05) is 6.54 Å². The van der Waals surface area contributed by atoms with Gasteiger partial charge in [0.25, 0.3) is 10.0 Å². The molecule has 1 aliphatic carbocycles. The van der Waals surface area contributed by atoms with Crippen molar-refractivity contribution >= 4 is 39.7 Å². The third-order valence-corrected chi connectivity index (χ3v) is 8.28. The number of hydrogen-bond acceptors (Lipinski definition) is 5. The maximum Gasteiger partial charge on any atom is 0.253 e. The number of nitrogens with one attached hydrogen (secondary N) is 1. The lowest BCUT2D eigenvalue weighted by atomic mass is 9.91. The maximum atomic E-state index is 12.8. The van der Waals surface area contributed by atoms with Gasteiger partial charge in [-0.1, -0.05) is 0 Å². The van der Waals surface area contributed by atoms with Crippen molar-refractivity contribution in [2.45, 2.75) is 67.8 Å². The van der Waals surface area contributed by atoms with Gasteiger partial charge >= 0.3 is 0 Å². The van der Waals surface area contributed by atoms with E-state index in [-0.39, 0.29) is 30.4 Å². The summed E-state index contributed by atoms with van der Waals surface area (Å²) in [5, 5.41) is 3.04. The summed E-state index contributed by atoms with van der Waals surface area (Å²) >= 11 is 1.26. The summed E-state index contributed by atoms with van der Waals surface area (Å²) in [6, 6.07) is 3.18. The Hall–Kier alpha value is -0.670. The van der Waals surface area contributed by atoms with E-state index >= 15 is 0 Å². The van der Waals surface area contributed by atoms with Gasteiger partial charge in [0.1, 0.15) is 10.3 Å². The zero-order valence-corrected chi connectivity index (χ0v) is 16.8. The van der Waals surface area contributed by atoms with Gasteiger partial charge in [-0.05, 0) is 57.6 Å². The van der Waals surface area contributed by atoms with E-state index in [1.165, 1.54) is 15.6 Å². The molecule has 25 heavy (non-hydrogen) atoms. The summed E-state index contributed by atoms with van der Waals surface area (Å²) in [4.78, 5) is 13.6. The van der Waals surface area contributed by atoms with E-state index in [2.05, 4.69) is 5.32 Å². The van der Waals surface area contributed by atoms with E-state index in [1.54, 1.807) is 12.1 Å². The highest BCUT2D eigenvalue weighted by Gasteiger charge is 2.40. The molecular formula is C16H26ClN3O3S2. The predicted octanol–water partition coefficient (Wildman–Crippen LogP) is 2.02. The third-order valence-electron chi connectivity index (χ3n) is 4.90. The minimum Gasteiger partial charge on any atom is -0.352 e. The van der Waals surface area contributed by atoms with Gasteiger partial charge in [-0.25, -0.2) is 8.42 Å². The summed E-state index contributed by atoms with van der Waals surface area (Å²) in [5.74, 6) is -0.162. The van der Waals surface area contributed by atoms with E-state index in [1.807, 2.05) is 6.92 Å². The van der Waals surface area contributed by atoms with Crippen LogP contribution in [-0.4, -0.2) is 43.3 Å². The SMILES string of the molecule is Cc1ccc(S(=O)(=O)N2CCCC2C(=O)NC2CCC(N)CC2)s1.Cl. The van der Waals surface area contributed by atoms with Crippen molar-refractivity contribution in [3.63, 3.8) is 0 Å². The molecule has 1 aromatic heterocycles. The van der Waals surface area contributed by atoms with Crippen LogP contribution in [0.5, 0.6) is 0 Å². The Morgan fingerprint density at radius 3 is 2.52 bits per heavy atom. The molecule has 2 fully saturated rings. The summed E-state index contributed by atoms with van der Waals surface area (Å²) in [6.07, 6.45) is 4.87. The first-order valence-corrected chi connectivity index (χ1v) is 10.8. The van der Waals surface area contributed by atoms with Crippen LogP contribution in [0.3, 0.4) is 0 Å². The molecule has 6 nitrogen and oxygen atoms in total. The third kappa shape index (κ3) is 4.54. The number of sulfonamides is 1. The topological polar surface area (TPSA) is 92.5 Å². The average Bonchev–Trinajstić information content (AvgIpc) is 3.19. The molecule has 1 saturated carbocycles. The lowest BCUT2D eigenvalue weighted by Gasteiger charge is -2.29. The van der Waals surface area contributed by atoms with Crippen LogP contribution < -0.4 is 11.1 Å². The summed E-state index contributed by atoms with van der Waals surface area (Å²) in [5.41, 5.74) is 5.90. The Morgan fingerprint density at radius 2 is 1.92 bits per heavy atom. The fourth-order valence-corrected chi connectivity index (χ4v) is 6.59. The minimum absolute atomic E-state index is 0. The normalized spacial score (nSPS) is 27.7. The maximum absolute atomic E-state index is 12.8. The number of nitrogens with zero attached hydrogens (tertiary/aromatic N) is 1. The van der Waals surface area contributed by atoms with Crippen molar-refractivity contribution < 1.29 is 13.2 Å². The van der Waals surface area contributed by atoms with Crippen LogP contribution in [0.15, 0.2) is 16.3 Å². The number of aryl methyl sites for hydroxylation is 1. The molecule has 142 valence electrons. The molecule has 0 radical (unpaired) electrons. The first kappa shape index (κ1) is 20.6. The van der Waals surface area contributed by atoms with Crippen LogP contribution >= 0.6 is 23.7 Å². The molecule has 1 unspecified atom stereocenters. The lowest BCUT2D eigenvalue weighted by Crippen LogP contribution is -2.49. The smallest absolute Gasteiger partial charge is 0.253 e. The number of nitrogens with two attached hydrogens (primary N) is 1. The number of thiophene rings is 1. The summed E-state index contributed by atoms with van der Waals surface area (Å²) < 4.78 is 27.4. The molecular weight excluding hydrogens is 382 g/mol. The highest BCUT2D eigenvalue weighted by atomic mass is 35.5. The summed E-state index contributed by atoms with van der Waals surface area (Å²) in [6.45, 7) is 2.29. The monoisotopic (exact) mass is 407 g/mol. The quantitative estimate of drug-likeness (QED) is 0.798. The largest absolute Gasteiger partial charge is 0.352 e. The number of amides is 1. The van der Waals surface area contributed by atoms with Gasteiger partial charge in [0.2, 0.25) is 5.91 Å². The number of carbonyl (C=O) groups excluding carboxylic acids is 1. The van der Waals surface area contributed by atoms with E-state index in [0.29, 0.717) is 17.2 Å². The van der Waals surface area contributed by atoms with Gasteiger partial charge < -0.3 is 11.1 Å². The molecule has 1 aromatic rings. The minimum atomic E-state index is -3.59. The van der Waals surface area contributed by atoms with Crippen LogP contribution in [0.2, 0.25) is 0 Å². The van der Waals surface area contributed by atoms with Gasteiger partial charge in [0.15, 0.2) is 0 Å². The highest BCUT2D eigenvalue weighted by Crippen LogP contribution is 2.30. The molecule has 1 aliphatic heterocycles. The van der Waals surface area contributed by atoms with E-state index in [0.717, 1.165) is 37.0 Å². The van der Waals surface area contributed by atoms with Gasteiger partial charge in [0, 0.05) is 23.5 Å². The molecule has 3 rings (SSSR count). The van der Waals surface area contributed by atoms with E-state index < -0.39 is 16.1 Å². The zero-order valence-electron chi connectivity index (χ0n) is 14.3. The molecule has 2 aliphatic rings.